The zero-order valence-electron chi connectivity index (χ0n) is 12.8. The van der Waals surface area contributed by atoms with Crippen LogP contribution in [0.5, 0.6) is 5.75 Å². The number of nitrogens with two attached hydrogens (primary N) is 1. The standard InChI is InChI=1S/C16H20FN3O2/c1-10-15(9-20-6-5-11(18)8-20)19-16(22-10)13-4-3-12(21-2)7-14(13)17/h3-4,7,11H,5-6,8-9,18H2,1-2H3. The molecule has 0 bridgehead atoms. The van der Waals surface area contributed by atoms with Crippen molar-refractivity contribution < 1.29 is 13.5 Å². The van der Waals surface area contributed by atoms with E-state index in [0.717, 1.165) is 25.2 Å². The third-order valence-electron chi connectivity index (χ3n) is 3.98. The summed E-state index contributed by atoms with van der Waals surface area (Å²) >= 11 is 0. The van der Waals surface area contributed by atoms with Gasteiger partial charge in [-0.1, -0.05) is 0 Å². The molecule has 1 aromatic carbocycles. The molecule has 6 heteroatoms. The maximum atomic E-state index is 14.1. The van der Waals surface area contributed by atoms with E-state index in [1.165, 1.54) is 13.2 Å². The number of benzene rings is 1. The normalized spacial score (nSPS) is 18.8. The van der Waals surface area contributed by atoms with Crippen LogP contribution in [0, 0.1) is 12.7 Å². The molecule has 0 spiro atoms. The molecule has 0 amide bonds. The number of methoxy groups -OCH3 is 1. The third kappa shape index (κ3) is 2.98. The van der Waals surface area contributed by atoms with Crippen LogP contribution in [0.2, 0.25) is 0 Å². The topological polar surface area (TPSA) is 64.5 Å². The fraction of sp³-hybridized carbons (Fsp3) is 0.438. The molecule has 1 unspecified atom stereocenters. The molecule has 1 aliphatic rings. The van der Waals surface area contributed by atoms with E-state index < -0.39 is 5.82 Å². The number of hydrogen-bond acceptors (Lipinski definition) is 5. The number of rotatable bonds is 4. The van der Waals surface area contributed by atoms with Crippen molar-refractivity contribution in [1.82, 2.24) is 9.88 Å². The summed E-state index contributed by atoms with van der Waals surface area (Å²) in [4.78, 5) is 6.69. The minimum atomic E-state index is -0.407. The molecule has 22 heavy (non-hydrogen) atoms. The summed E-state index contributed by atoms with van der Waals surface area (Å²) in [5.41, 5.74) is 7.09. The van der Waals surface area contributed by atoms with E-state index in [2.05, 4.69) is 9.88 Å². The first-order chi connectivity index (χ1) is 10.6. The van der Waals surface area contributed by atoms with Crippen molar-refractivity contribution in [1.29, 1.82) is 0 Å². The van der Waals surface area contributed by atoms with Crippen molar-refractivity contribution in [2.75, 3.05) is 20.2 Å². The Labute approximate surface area is 128 Å². The lowest BCUT2D eigenvalue weighted by Crippen LogP contribution is -2.26. The Hall–Kier alpha value is -1.92. The van der Waals surface area contributed by atoms with Gasteiger partial charge in [0.25, 0.3) is 0 Å². The highest BCUT2D eigenvalue weighted by molar-refractivity contribution is 5.56. The SMILES string of the molecule is COc1ccc(-c2nc(CN3CCC(N)C3)c(C)o2)c(F)c1. The lowest BCUT2D eigenvalue weighted by atomic mass is 10.2. The first kappa shape index (κ1) is 15.0. The molecule has 0 aliphatic carbocycles. The van der Waals surface area contributed by atoms with Crippen LogP contribution >= 0.6 is 0 Å². The summed E-state index contributed by atoms with van der Waals surface area (Å²) in [5, 5.41) is 0. The van der Waals surface area contributed by atoms with Gasteiger partial charge in [-0.05, 0) is 25.5 Å². The molecule has 1 saturated heterocycles. The summed E-state index contributed by atoms with van der Waals surface area (Å²) in [6.45, 7) is 4.35. The minimum absolute atomic E-state index is 0.228. The fourth-order valence-corrected chi connectivity index (χ4v) is 2.70. The van der Waals surface area contributed by atoms with Gasteiger partial charge in [0.15, 0.2) is 0 Å². The van der Waals surface area contributed by atoms with Crippen LogP contribution in [-0.4, -0.2) is 36.1 Å². The third-order valence-corrected chi connectivity index (χ3v) is 3.98. The molecule has 0 saturated carbocycles. The highest BCUT2D eigenvalue weighted by atomic mass is 19.1. The van der Waals surface area contributed by atoms with Gasteiger partial charge in [0.2, 0.25) is 5.89 Å². The maximum Gasteiger partial charge on any atom is 0.229 e. The largest absolute Gasteiger partial charge is 0.497 e. The molecule has 1 atom stereocenters. The average molecular weight is 305 g/mol. The van der Waals surface area contributed by atoms with Crippen LogP contribution in [0.15, 0.2) is 22.6 Å². The van der Waals surface area contributed by atoms with Gasteiger partial charge in [-0.15, -0.1) is 0 Å². The van der Waals surface area contributed by atoms with Gasteiger partial charge >= 0.3 is 0 Å². The molecule has 2 heterocycles. The lowest BCUT2D eigenvalue weighted by Gasteiger charge is -2.12. The van der Waals surface area contributed by atoms with Crippen LogP contribution < -0.4 is 10.5 Å². The highest BCUT2D eigenvalue weighted by Crippen LogP contribution is 2.28. The van der Waals surface area contributed by atoms with Gasteiger partial charge in [-0.25, -0.2) is 9.37 Å². The molecule has 2 N–H and O–H groups in total. The predicted molar refractivity (Wildman–Crippen MR) is 81.1 cm³/mol. The molecule has 118 valence electrons. The summed E-state index contributed by atoms with van der Waals surface area (Å²) in [6, 6.07) is 4.87. The molecule has 5 nitrogen and oxygen atoms in total. The summed E-state index contributed by atoms with van der Waals surface area (Å²) in [5.74, 6) is 1.08. The number of halogens is 1. The summed E-state index contributed by atoms with van der Waals surface area (Å²) in [6.07, 6.45) is 0.997. The van der Waals surface area contributed by atoms with Crippen LogP contribution in [0.1, 0.15) is 17.9 Å². The molecule has 0 radical (unpaired) electrons. The number of likely N-dealkylation sites (tertiary alicyclic amines) is 1. The van der Waals surface area contributed by atoms with E-state index in [0.29, 0.717) is 29.5 Å². The van der Waals surface area contributed by atoms with Crippen molar-refractivity contribution in [2.45, 2.75) is 25.9 Å². The van der Waals surface area contributed by atoms with Gasteiger partial charge < -0.3 is 14.9 Å². The molecule has 1 fully saturated rings. The van der Waals surface area contributed by atoms with Crippen molar-refractivity contribution in [3.63, 3.8) is 0 Å². The van der Waals surface area contributed by atoms with E-state index in [-0.39, 0.29) is 6.04 Å². The van der Waals surface area contributed by atoms with E-state index in [4.69, 9.17) is 14.9 Å². The fourth-order valence-electron chi connectivity index (χ4n) is 2.70. The van der Waals surface area contributed by atoms with Gasteiger partial charge in [-0.3, -0.25) is 4.90 Å². The molecule has 3 rings (SSSR count). The zero-order chi connectivity index (χ0) is 15.7. The Kier molecular flexibility index (Phi) is 4.13. The smallest absolute Gasteiger partial charge is 0.229 e. The molecule has 2 aromatic rings. The Morgan fingerprint density at radius 2 is 2.32 bits per heavy atom. The second-order valence-electron chi connectivity index (χ2n) is 5.65. The highest BCUT2D eigenvalue weighted by Gasteiger charge is 2.22. The summed E-state index contributed by atoms with van der Waals surface area (Å²) < 4.78 is 24.8. The monoisotopic (exact) mass is 305 g/mol. The first-order valence-electron chi connectivity index (χ1n) is 7.35. The zero-order valence-corrected chi connectivity index (χ0v) is 12.8. The number of hydrogen-bond donors (Lipinski definition) is 1. The minimum Gasteiger partial charge on any atom is -0.497 e. The number of nitrogens with zero attached hydrogens (tertiary/aromatic N) is 2. The predicted octanol–water partition coefficient (Wildman–Crippen LogP) is 2.33. The second kappa shape index (κ2) is 6.06. The Bertz CT molecular complexity index is 671. The van der Waals surface area contributed by atoms with E-state index in [1.807, 2.05) is 6.92 Å². The van der Waals surface area contributed by atoms with Gasteiger partial charge in [0, 0.05) is 31.7 Å². The van der Waals surface area contributed by atoms with Gasteiger partial charge in [0.05, 0.1) is 18.4 Å². The maximum absolute atomic E-state index is 14.1. The Morgan fingerprint density at radius 3 is 2.95 bits per heavy atom. The molecular formula is C16H20FN3O2. The van der Waals surface area contributed by atoms with Crippen molar-refractivity contribution >= 4 is 0 Å². The van der Waals surface area contributed by atoms with Gasteiger partial charge in [0.1, 0.15) is 17.3 Å². The molecule has 1 aromatic heterocycles. The van der Waals surface area contributed by atoms with Gasteiger partial charge in [-0.2, -0.15) is 0 Å². The van der Waals surface area contributed by atoms with Crippen LogP contribution in [0.3, 0.4) is 0 Å². The Morgan fingerprint density at radius 1 is 1.50 bits per heavy atom. The second-order valence-corrected chi connectivity index (χ2v) is 5.65. The molecular weight excluding hydrogens is 285 g/mol. The number of aryl methyl sites for hydroxylation is 1. The Balaban J connectivity index is 1.82. The quantitative estimate of drug-likeness (QED) is 0.939. The number of aromatic nitrogens is 1. The van der Waals surface area contributed by atoms with Crippen LogP contribution in [-0.2, 0) is 6.54 Å². The van der Waals surface area contributed by atoms with Crippen LogP contribution in [0.25, 0.3) is 11.5 Å². The average Bonchev–Trinajstić information content (AvgIpc) is 3.06. The summed E-state index contributed by atoms with van der Waals surface area (Å²) in [7, 11) is 1.50. The van der Waals surface area contributed by atoms with E-state index in [9.17, 15) is 4.39 Å². The molecule has 1 aliphatic heterocycles. The van der Waals surface area contributed by atoms with Crippen molar-refractivity contribution in [3.05, 3.63) is 35.5 Å². The first-order valence-corrected chi connectivity index (χ1v) is 7.35. The lowest BCUT2D eigenvalue weighted by molar-refractivity contribution is 0.321. The van der Waals surface area contributed by atoms with E-state index >= 15 is 0 Å². The van der Waals surface area contributed by atoms with Crippen molar-refractivity contribution in [3.8, 4) is 17.2 Å². The van der Waals surface area contributed by atoms with E-state index in [1.54, 1.807) is 12.1 Å². The van der Waals surface area contributed by atoms with Crippen molar-refractivity contribution in [2.24, 2.45) is 5.73 Å². The number of ether oxygens (including phenoxy) is 1. The van der Waals surface area contributed by atoms with Crippen LogP contribution in [0.4, 0.5) is 4.39 Å². The number of oxazole rings is 1.